The van der Waals surface area contributed by atoms with Crippen LogP contribution in [0.25, 0.3) is 22.0 Å². The zero-order chi connectivity index (χ0) is 34.5. The van der Waals surface area contributed by atoms with E-state index in [4.69, 9.17) is 0 Å². The molecule has 1 aliphatic carbocycles. The van der Waals surface area contributed by atoms with E-state index in [1.165, 1.54) is 29.2 Å². The molecule has 5 heterocycles. The summed E-state index contributed by atoms with van der Waals surface area (Å²) in [4.78, 5) is 55.0. The van der Waals surface area contributed by atoms with Crippen LogP contribution in [0.4, 0.5) is 4.39 Å². The smallest absolute Gasteiger partial charge is 0.302 e. The lowest BCUT2D eigenvalue weighted by Crippen LogP contribution is -2.52. The zero-order valence-corrected chi connectivity index (χ0v) is 28.6. The first kappa shape index (κ1) is 32.8. The monoisotopic (exact) mass is 680 g/mol. The molecule has 10 nitrogen and oxygen atoms in total. The van der Waals surface area contributed by atoms with Crippen LogP contribution in [0.1, 0.15) is 80.7 Å². The van der Waals surface area contributed by atoms with Crippen LogP contribution in [-0.4, -0.2) is 93.1 Å². The molecule has 0 radical (unpaired) electrons. The van der Waals surface area contributed by atoms with Crippen molar-refractivity contribution in [1.82, 2.24) is 30.3 Å². The van der Waals surface area contributed by atoms with E-state index in [1.807, 2.05) is 22.2 Å². The number of para-hydroxylation sites is 1. The third-order valence-corrected chi connectivity index (χ3v) is 11.6. The number of nitrogens with zero attached hydrogens (tertiary/aromatic N) is 4. The molecule has 1 aromatic heterocycles. The lowest BCUT2D eigenvalue weighted by Gasteiger charge is -2.33. The van der Waals surface area contributed by atoms with Crippen LogP contribution in [0, 0.1) is 5.92 Å². The molecular formula is C39H45FN6O4. The molecule has 3 aromatic rings. The van der Waals surface area contributed by atoms with Gasteiger partial charge in [-0.1, -0.05) is 42.5 Å². The number of hydrogen-bond acceptors (Lipinski definition) is 6. The molecule has 2 aromatic carbocycles. The number of allylic oxidation sites excluding steroid dienone is 1. The summed E-state index contributed by atoms with van der Waals surface area (Å²) in [7, 11) is 0. The SMILES string of the molecule is CC(=O)N[C@H]1CCCN2CC[C@@H](CC3=C(c4[nH]c5ccccc5c4C[C@@H]4CCN5CCC[C@H](CC(=O)F)C(=O)N45)Cc4ccccc43)N2C1=O. The molecule has 5 aliphatic rings. The summed E-state index contributed by atoms with van der Waals surface area (Å²) >= 11 is 0. The Morgan fingerprint density at radius 3 is 2.28 bits per heavy atom. The second kappa shape index (κ2) is 13.4. The van der Waals surface area contributed by atoms with Gasteiger partial charge < -0.3 is 10.3 Å². The summed E-state index contributed by atoms with van der Waals surface area (Å²) in [5, 5.41) is 12.1. The van der Waals surface area contributed by atoms with Gasteiger partial charge in [0.2, 0.25) is 11.8 Å². The molecule has 262 valence electrons. The van der Waals surface area contributed by atoms with E-state index < -0.39 is 18.0 Å². The molecule has 11 heteroatoms. The summed E-state index contributed by atoms with van der Waals surface area (Å²) in [5.41, 5.74) is 8.17. The Hall–Kier alpha value is -4.35. The lowest BCUT2D eigenvalue weighted by molar-refractivity contribution is -0.152. The second-order valence-corrected chi connectivity index (χ2v) is 14.7. The van der Waals surface area contributed by atoms with Crippen LogP contribution < -0.4 is 5.32 Å². The number of nitrogens with one attached hydrogen (secondary N) is 2. The van der Waals surface area contributed by atoms with Crippen LogP contribution in [0.2, 0.25) is 0 Å². The first-order chi connectivity index (χ1) is 24.3. The van der Waals surface area contributed by atoms with Gasteiger partial charge in [0, 0.05) is 62.0 Å². The van der Waals surface area contributed by atoms with Crippen LogP contribution in [0.15, 0.2) is 48.5 Å². The van der Waals surface area contributed by atoms with Crippen molar-refractivity contribution in [2.24, 2.45) is 5.92 Å². The number of halogens is 1. The number of H-pyrrole nitrogens is 1. The molecule has 4 atom stereocenters. The predicted octanol–water partition coefficient (Wildman–Crippen LogP) is 4.80. The van der Waals surface area contributed by atoms with Gasteiger partial charge in [-0.25, -0.2) is 10.0 Å². The summed E-state index contributed by atoms with van der Waals surface area (Å²) in [6, 6.07) is 14.8. The fraction of sp³-hybridized carbons (Fsp3) is 0.487. The van der Waals surface area contributed by atoms with Crippen LogP contribution in [0.3, 0.4) is 0 Å². The van der Waals surface area contributed by atoms with Gasteiger partial charge in [-0.15, -0.1) is 0 Å². The highest BCUT2D eigenvalue weighted by Gasteiger charge is 2.44. The van der Waals surface area contributed by atoms with Crippen molar-refractivity contribution in [3.63, 3.8) is 0 Å². The Morgan fingerprint density at radius 1 is 0.840 bits per heavy atom. The first-order valence-corrected chi connectivity index (χ1v) is 18.3. The Labute approximate surface area is 291 Å². The normalized spacial score (nSPS) is 25.9. The molecule has 4 aliphatic heterocycles. The van der Waals surface area contributed by atoms with Gasteiger partial charge in [-0.05, 0) is 85.3 Å². The molecule has 4 fully saturated rings. The number of fused-ring (bicyclic) bond motifs is 4. The van der Waals surface area contributed by atoms with E-state index >= 15 is 0 Å². The highest BCUT2D eigenvalue weighted by atomic mass is 19.1. The van der Waals surface area contributed by atoms with Gasteiger partial charge in [-0.2, -0.15) is 4.39 Å². The predicted molar refractivity (Wildman–Crippen MR) is 188 cm³/mol. The molecule has 2 N–H and O–H groups in total. The molecule has 50 heavy (non-hydrogen) atoms. The van der Waals surface area contributed by atoms with Gasteiger partial charge in [-0.3, -0.25) is 29.2 Å². The second-order valence-electron chi connectivity index (χ2n) is 14.7. The topological polar surface area (TPSA) is 109 Å². The molecule has 0 saturated carbocycles. The highest BCUT2D eigenvalue weighted by molar-refractivity contribution is 6.01. The quantitative estimate of drug-likeness (QED) is 0.331. The van der Waals surface area contributed by atoms with Crippen LogP contribution in [0.5, 0.6) is 0 Å². The number of benzene rings is 2. The van der Waals surface area contributed by atoms with Crippen LogP contribution >= 0.6 is 0 Å². The summed E-state index contributed by atoms with van der Waals surface area (Å²) in [6.45, 7) is 4.55. The van der Waals surface area contributed by atoms with E-state index in [0.29, 0.717) is 25.7 Å². The van der Waals surface area contributed by atoms with Gasteiger partial charge in [0.25, 0.3) is 5.91 Å². The number of carbonyl (C=O) groups excluding carboxylic acids is 4. The van der Waals surface area contributed by atoms with Gasteiger partial charge in [0.15, 0.2) is 0 Å². The lowest BCUT2D eigenvalue weighted by atomic mass is 9.92. The first-order valence-electron chi connectivity index (χ1n) is 18.3. The average molecular weight is 681 g/mol. The highest BCUT2D eigenvalue weighted by Crippen LogP contribution is 2.45. The standard InChI is InChI=1S/C39H45FN6O4/c1-24(47)41-35-13-7-17-44-19-14-27(46(44)39(35)50)22-31-29-10-3-2-8-25(29)20-32(31)37-33(30-11-4-5-12-34(30)42-37)23-28-15-18-43-16-6-9-26(21-36(40)48)38(49)45(28)43/h2-5,8,10-12,26-28,35,42H,6-7,9,13-23H2,1H3,(H,41,47)/t26-,27+,28+,35+/m1/s1. The Balaban J connectivity index is 1.17. The summed E-state index contributed by atoms with van der Waals surface area (Å²) < 4.78 is 13.6. The van der Waals surface area contributed by atoms with Gasteiger partial charge >= 0.3 is 6.04 Å². The third-order valence-electron chi connectivity index (χ3n) is 11.6. The van der Waals surface area contributed by atoms with E-state index in [2.05, 4.69) is 56.7 Å². The number of aromatic amines is 1. The van der Waals surface area contributed by atoms with Crippen molar-refractivity contribution < 1.29 is 23.6 Å². The molecule has 8 rings (SSSR count). The molecule has 0 unspecified atom stereocenters. The minimum absolute atomic E-state index is 0.0272. The largest absolute Gasteiger partial charge is 0.355 e. The maximum absolute atomic E-state index is 13.9. The maximum atomic E-state index is 13.9. The number of rotatable bonds is 8. The van der Waals surface area contributed by atoms with Crippen molar-refractivity contribution in [2.75, 3.05) is 26.2 Å². The molecule has 0 spiro atoms. The summed E-state index contributed by atoms with van der Waals surface area (Å²) in [5.74, 6) is -0.985. The minimum atomic E-state index is -1.43. The Bertz CT molecular complexity index is 1890. The number of aromatic nitrogens is 1. The van der Waals surface area contributed by atoms with Crippen molar-refractivity contribution in [3.8, 4) is 0 Å². The van der Waals surface area contributed by atoms with E-state index in [9.17, 15) is 23.6 Å². The van der Waals surface area contributed by atoms with Gasteiger partial charge in [0.05, 0.1) is 18.5 Å². The maximum Gasteiger partial charge on any atom is 0.302 e. The van der Waals surface area contributed by atoms with Crippen molar-refractivity contribution in [3.05, 3.63) is 70.9 Å². The number of hydrazine groups is 2. The fourth-order valence-electron chi connectivity index (χ4n) is 9.37. The molecule has 0 bridgehead atoms. The van der Waals surface area contributed by atoms with E-state index in [0.717, 1.165) is 80.4 Å². The number of carbonyl (C=O) groups is 4. The summed E-state index contributed by atoms with van der Waals surface area (Å²) in [6.07, 6.45) is 6.13. The third kappa shape index (κ3) is 5.94. The zero-order valence-electron chi connectivity index (χ0n) is 28.6. The van der Waals surface area contributed by atoms with Crippen molar-refractivity contribution >= 4 is 45.8 Å². The Kier molecular flexibility index (Phi) is 8.81. The van der Waals surface area contributed by atoms with Crippen molar-refractivity contribution in [1.29, 1.82) is 0 Å². The van der Waals surface area contributed by atoms with Gasteiger partial charge in [0.1, 0.15) is 6.04 Å². The van der Waals surface area contributed by atoms with Crippen LogP contribution in [-0.2, 0) is 32.0 Å². The Morgan fingerprint density at radius 2 is 1.52 bits per heavy atom. The fourth-order valence-corrected chi connectivity index (χ4v) is 9.37. The number of hydrogen-bond donors (Lipinski definition) is 2. The average Bonchev–Trinajstić information content (AvgIpc) is 3.83. The molecule has 4 saturated heterocycles. The molecular weight excluding hydrogens is 635 g/mol. The minimum Gasteiger partial charge on any atom is -0.355 e. The molecule has 3 amide bonds. The van der Waals surface area contributed by atoms with E-state index in [1.54, 1.807) is 0 Å². The number of amides is 3. The van der Waals surface area contributed by atoms with E-state index in [-0.39, 0.29) is 36.2 Å². The van der Waals surface area contributed by atoms with Crippen molar-refractivity contribution in [2.45, 2.75) is 89.3 Å².